The molecule has 0 unspecified atom stereocenters. The van der Waals surface area contributed by atoms with Crippen LogP contribution >= 0.6 is 0 Å². The summed E-state index contributed by atoms with van der Waals surface area (Å²) in [5, 5.41) is 20.1. The molecule has 0 aromatic heterocycles. The quantitative estimate of drug-likeness (QED) is 0.838. The smallest absolute Gasteiger partial charge is 0.119 e. The molecule has 0 heterocycles. The van der Waals surface area contributed by atoms with E-state index in [0.29, 0.717) is 0 Å². The molecule has 0 saturated carbocycles. The Morgan fingerprint density at radius 2 is 1.32 bits per heavy atom. The van der Waals surface area contributed by atoms with Crippen LogP contribution in [-0.2, 0) is 0 Å². The summed E-state index contributed by atoms with van der Waals surface area (Å²) < 4.78 is 0. The Labute approximate surface area is 114 Å². The molecule has 0 spiro atoms. The van der Waals surface area contributed by atoms with Crippen LogP contribution in [0.5, 0.6) is 11.5 Å². The lowest BCUT2D eigenvalue weighted by Crippen LogP contribution is -2.03. The third kappa shape index (κ3) is 3.08. The van der Waals surface area contributed by atoms with Gasteiger partial charge in [0.1, 0.15) is 11.5 Å². The fraction of sp³-hybridized carbons (Fsp3) is 0.235. The highest BCUT2D eigenvalue weighted by Crippen LogP contribution is 2.37. The van der Waals surface area contributed by atoms with Crippen LogP contribution in [0.15, 0.2) is 48.5 Å². The molecular formula is C17H19O2. The topological polar surface area (TPSA) is 40.5 Å². The maximum absolute atomic E-state index is 10.0. The van der Waals surface area contributed by atoms with E-state index in [-0.39, 0.29) is 11.5 Å². The van der Waals surface area contributed by atoms with E-state index in [1.165, 1.54) is 0 Å². The first-order chi connectivity index (χ1) is 9.24. The van der Waals surface area contributed by atoms with Crippen molar-refractivity contribution >= 4 is 0 Å². The van der Waals surface area contributed by atoms with Crippen molar-refractivity contribution in [3.8, 4) is 11.5 Å². The lowest BCUT2D eigenvalue weighted by atomic mass is 9.86. The number of aromatic hydroxyl groups is 2. The molecule has 99 valence electrons. The van der Waals surface area contributed by atoms with Gasteiger partial charge in [0.2, 0.25) is 0 Å². The molecule has 2 aromatic carbocycles. The fourth-order valence-electron chi connectivity index (χ4n) is 2.23. The third-order valence-electron chi connectivity index (χ3n) is 3.24. The van der Waals surface area contributed by atoms with Gasteiger partial charge in [-0.3, -0.25) is 0 Å². The monoisotopic (exact) mass is 255 g/mol. The summed E-state index contributed by atoms with van der Waals surface area (Å²) in [6.07, 6.45) is 2.94. The highest BCUT2D eigenvalue weighted by molar-refractivity contribution is 5.55. The number of para-hydroxylation sites is 2. The average molecular weight is 255 g/mol. The SMILES string of the molecule is CCCC[C](c1ccccc1O)c1ccccc1O. The standard InChI is InChI=1S/C17H19O2/c1-2-3-8-13(14-9-4-6-11-16(14)18)15-10-5-7-12-17(15)19/h4-7,9-12,18-19H,2-3,8H2,1H3. The minimum Gasteiger partial charge on any atom is -0.508 e. The molecule has 0 bridgehead atoms. The van der Waals surface area contributed by atoms with E-state index in [9.17, 15) is 10.2 Å². The van der Waals surface area contributed by atoms with E-state index in [1.54, 1.807) is 24.3 Å². The zero-order chi connectivity index (χ0) is 13.7. The third-order valence-corrected chi connectivity index (χ3v) is 3.24. The second-order valence-electron chi connectivity index (χ2n) is 4.62. The zero-order valence-electron chi connectivity index (χ0n) is 11.1. The first-order valence-electron chi connectivity index (χ1n) is 6.66. The van der Waals surface area contributed by atoms with Gasteiger partial charge in [0.25, 0.3) is 0 Å². The van der Waals surface area contributed by atoms with E-state index in [2.05, 4.69) is 6.92 Å². The Hall–Kier alpha value is -1.96. The summed E-state index contributed by atoms with van der Waals surface area (Å²) >= 11 is 0. The van der Waals surface area contributed by atoms with E-state index >= 15 is 0 Å². The molecule has 2 aromatic rings. The van der Waals surface area contributed by atoms with Gasteiger partial charge < -0.3 is 10.2 Å². The fourth-order valence-corrected chi connectivity index (χ4v) is 2.23. The van der Waals surface area contributed by atoms with Crippen LogP contribution in [-0.4, -0.2) is 10.2 Å². The van der Waals surface area contributed by atoms with Gasteiger partial charge in [-0.1, -0.05) is 56.2 Å². The van der Waals surface area contributed by atoms with Crippen molar-refractivity contribution in [2.45, 2.75) is 26.2 Å². The Kier molecular flexibility index (Phi) is 4.45. The van der Waals surface area contributed by atoms with E-state index in [0.717, 1.165) is 36.3 Å². The predicted octanol–water partition coefficient (Wildman–Crippen LogP) is 4.26. The maximum atomic E-state index is 10.0. The number of hydrogen-bond donors (Lipinski definition) is 2. The molecule has 0 aliphatic carbocycles. The highest BCUT2D eigenvalue weighted by atomic mass is 16.3. The van der Waals surface area contributed by atoms with Crippen molar-refractivity contribution < 1.29 is 10.2 Å². The molecule has 0 amide bonds. The van der Waals surface area contributed by atoms with Gasteiger partial charge >= 0.3 is 0 Å². The van der Waals surface area contributed by atoms with Gasteiger partial charge in [-0.25, -0.2) is 0 Å². The lowest BCUT2D eigenvalue weighted by molar-refractivity contribution is 0.463. The van der Waals surface area contributed by atoms with Crippen LogP contribution in [0.1, 0.15) is 37.3 Å². The summed E-state index contributed by atoms with van der Waals surface area (Å²) in [6, 6.07) is 14.6. The summed E-state index contributed by atoms with van der Waals surface area (Å²) in [5.41, 5.74) is 1.61. The molecule has 2 heteroatoms. The van der Waals surface area contributed by atoms with Crippen LogP contribution in [0.3, 0.4) is 0 Å². The van der Waals surface area contributed by atoms with Gasteiger partial charge in [-0.15, -0.1) is 0 Å². The lowest BCUT2D eigenvalue weighted by Gasteiger charge is -2.19. The number of phenols is 2. The van der Waals surface area contributed by atoms with Crippen LogP contribution in [0.25, 0.3) is 0 Å². The largest absolute Gasteiger partial charge is 0.508 e. The van der Waals surface area contributed by atoms with Gasteiger partial charge in [0.05, 0.1) is 0 Å². The molecule has 19 heavy (non-hydrogen) atoms. The van der Waals surface area contributed by atoms with Gasteiger partial charge in [0, 0.05) is 17.0 Å². The Morgan fingerprint density at radius 1 is 0.842 bits per heavy atom. The van der Waals surface area contributed by atoms with Crippen molar-refractivity contribution in [1.29, 1.82) is 0 Å². The summed E-state index contributed by atoms with van der Waals surface area (Å²) in [6.45, 7) is 2.13. The van der Waals surface area contributed by atoms with Crippen molar-refractivity contribution in [2.75, 3.05) is 0 Å². The molecule has 2 N–H and O–H groups in total. The number of hydrogen-bond acceptors (Lipinski definition) is 2. The van der Waals surface area contributed by atoms with Gasteiger partial charge in [-0.2, -0.15) is 0 Å². The molecule has 0 fully saturated rings. The van der Waals surface area contributed by atoms with E-state index in [4.69, 9.17) is 0 Å². The average Bonchev–Trinajstić information content (AvgIpc) is 2.42. The minimum atomic E-state index is 0.261. The summed E-state index contributed by atoms with van der Waals surface area (Å²) in [5.74, 6) is 1.52. The highest BCUT2D eigenvalue weighted by Gasteiger charge is 2.20. The Morgan fingerprint density at radius 3 is 1.74 bits per heavy atom. The molecule has 0 aliphatic heterocycles. The number of benzene rings is 2. The molecule has 0 saturated heterocycles. The van der Waals surface area contributed by atoms with Crippen molar-refractivity contribution in [2.24, 2.45) is 0 Å². The van der Waals surface area contributed by atoms with E-state index < -0.39 is 0 Å². The van der Waals surface area contributed by atoms with E-state index in [1.807, 2.05) is 24.3 Å². The van der Waals surface area contributed by atoms with Crippen molar-refractivity contribution in [3.05, 3.63) is 65.6 Å². The first kappa shape index (κ1) is 13.5. The van der Waals surface area contributed by atoms with Crippen molar-refractivity contribution in [3.63, 3.8) is 0 Å². The molecule has 1 radical (unpaired) electrons. The molecule has 0 atom stereocenters. The van der Waals surface area contributed by atoms with Gasteiger partial charge in [-0.05, 0) is 18.6 Å². The molecule has 2 rings (SSSR count). The number of unbranched alkanes of at least 4 members (excludes halogenated alkanes) is 1. The molecular weight excluding hydrogens is 236 g/mol. The second kappa shape index (κ2) is 6.28. The van der Waals surface area contributed by atoms with Crippen LogP contribution < -0.4 is 0 Å². The maximum Gasteiger partial charge on any atom is 0.119 e. The summed E-state index contributed by atoms with van der Waals surface area (Å²) in [7, 11) is 0. The van der Waals surface area contributed by atoms with Crippen LogP contribution in [0.4, 0.5) is 0 Å². The molecule has 0 aliphatic rings. The predicted molar refractivity (Wildman–Crippen MR) is 77.2 cm³/mol. The zero-order valence-corrected chi connectivity index (χ0v) is 11.1. The Balaban J connectivity index is 2.42. The number of phenolic OH excluding ortho intramolecular Hbond substituents is 2. The minimum absolute atomic E-state index is 0.261. The second-order valence-corrected chi connectivity index (χ2v) is 4.62. The normalized spacial score (nSPS) is 10.8. The first-order valence-corrected chi connectivity index (χ1v) is 6.66. The number of rotatable bonds is 5. The van der Waals surface area contributed by atoms with Crippen molar-refractivity contribution in [1.82, 2.24) is 0 Å². The van der Waals surface area contributed by atoms with Gasteiger partial charge in [0.15, 0.2) is 0 Å². The van der Waals surface area contributed by atoms with Crippen LogP contribution in [0, 0.1) is 5.92 Å². The molecule has 2 nitrogen and oxygen atoms in total. The Bertz CT molecular complexity index is 489. The summed E-state index contributed by atoms with van der Waals surface area (Å²) in [4.78, 5) is 0. The van der Waals surface area contributed by atoms with Crippen LogP contribution in [0.2, 0.25) is 0 Å².